The van der Waals surface area contributed by atoms with Crippen molar-refractivity contribution in [3.63, 3.8) is 0 Å². The van der Waals surface area contributed by atoms with Crippen molar-refractivity contribution in [2.24, 2.45) is 0 Å². The molecule has 0 amide bonds. The summed E-state index contributed by atoms with van der Waals surface area (Å²) in [6.07, 6.45) is 0. The second-order valence-electron chi connectivity index (χ2n) is 14.6. The van der Waals surface area contributed by atoms with Crippen LogP contribution < -0.4 is 0 Å². The van der Waals surface area contributed by atoms with Gasteiger partial charge in [-0.05, 0) is 85.1 Å². The molecule has 0 aliphatic heterocycles. The standard InChI is InChI=1S/C38H48N2S2Si2/c1-23(2)43(24(3)4,25(5)6)17-14-32-34-20-30-19-29-13-16-41-36(29)22-31(30)21-35(34)33(38-37(32)39-42-40-38)15-18-44(26(7)8,27(9)10)28(11)12/h13,16,19-28H,1-12H3. The van der Waals surface area contributed by atoms with Gasteiger partial charge in [-0.15, -0.1) is 22.4 Å². The number of benzene rings is 3. The lowest BCUT2D eigenvalue weighted by molar-refractivity contribution is 0.838. The van der Waals surface area contributed by atoms with E-state index in [1.807, 2.05) is 0 Å². The van der Waals surface area contributed by atoms with Crippen LogP contribution in [-0.4, -0.2) is 24.9 Å². The molecule has 0 saturated heterocycles. The maximum absolute atomic E-state index is 4.93. The second-order valence-corrected chi connectivity index (χ2v) is 27.2. The Kier molecular flexibility index (Phi) is 9.25. The predicted molar refractivity (Wildman–Crippen MR) is 204 cm³/mol. The molecule has 6 heteroatoms. The van der Waals surface area contributed by atoms with Crippen molar-refractivity contribution in [3.8, 4) is 22.9 Å². The molecule has 230 valence electrons. The van der Waals surface area contributed by atoms with Gasteiger partial charge in [-0.2, -0.15) is 8.75 Å². The molecule has 0 radical (unpaired) electrons. The lowest BCUT2D eigenvalue weighted by Crippen LogP contribution is -2.43. The number of thiophene rings is 1. The van der Waals surface area contributed by atoms with E-state index in [1.165, 1.54) is 32.6 Å². The number of hydrogen-bond acceptors (Lipinski definition) is 4. The number of aromatic nitrogens is 2. The van der Waals surface area contributed by atoms with Gasteiger partial charge in [0.25, 0.3) is 0 Å². The van der Waals surface area contributed by atoms with Gasteiger partial charge in [0.1, 0.15) is 27.2 Å². The van der Waals surface area contributed by atoms with Gasteiger partial charge >= 0.3 is 0 Å². The molecule has 0 spiro atoms. The normalized spacial score (nSPS) is 13.0. The molecular weight excluding hydrogens is 605 g/mol. The molecule has 5 rings (SSSR count). The molecule has 0 aliphatic carbocycles. The minimum absolute atomic E-state index is 0.560. The van der Waals surface area contributed by atoms with Gasteiger partial charge in [0.15, 0.2) is 0 Å². The van der Waals surface area contributed by atoms with E-state index in [1.54, 1.807) is 11.3 Å². The molecular formula is C38H48N2S2Si2. The van der Waals surface area contributed by atoms with Crippen LogP contribution in [0, 0.1) is 22.9 Å². The van der Waals surface area contributed by atoms with Gasteiger partial charge in [0.2, 0.25) is 0 Å². The first kappa shape index (κ1) is 32.9. The number of nitrogens with zero attached hydrogens (tertiary/aromatic N) is 2. The monoisotopic (exact) mass is 652 g/mol. The van der Waals surface area contributed by atoms with Gasteiger partial charge < -0.3 is 0 Å². The first-order valence-corrected chi connectivity index (χ1v) is 22.4. The van der Waals surface area contributed by atoms with Crippen molar-refractivity contribution < 1.29 is 0 Å². The third-order valence-corrected chi connectivity index (χ3v) is 24.6. The highest BCUT2D eigenvalue weighted by atomic mass is 32.1. The van der Waals surface area contributed by atoms with Gasteiger partial charge in [0.05, 0.1) is 22.9 Å². The average Bonchev–Trinajstić information content (AvgIpc) is 3.60. The van der Waals surface area contributed by atoms with Crippen molar-refractivity contribution in [2.45, 2.75) is 116 Å². The molecule has 5 aromatic rings. The molecule has 0 saturated carbocycles. The lowest BCUT2D eigenvalue weighted by Gasteiger charge is -2.38. The fourth-order valence-corrected chi connectivity index (χ4v) is 20.2. The molecule has 2 heterocycles. The Bertz CT molecular complexity index is 1790. The van der Waals surface area contributed by atoms with Crippen molar-refractivity contribution >= 4 is 81.9 Å². The second kappa shape index (κ2) is 12.4. The van der Waals surface area contributed by atoms with E-state index in [0.29, 0.717) is 33.2 Å². The van der Waals surface area contributed by atoms with Gasteiger partial charge in [-0.1, -0.05) is 94.9 Å². The molecule has 44 heavy (non-hydrogen) atoms. The summed E-state index contributed by atoms with van der Waals surface area (Å²) in [5.74, 6) is 7.66. The summed E-state index contributed by atoms with van der Waals surface area (Å²) < 4.78 is 11.2. The van der Waals surface area contributed by atoms with Crippen molar-refractivity contribution in [1.82, 2.24) is 8.75 Å². The van der Waals surface area contributed by atoms with E-state index in [9.17, 15) is 0 Å². The van der Waals surface area contributed by atoms with E-state index in [2.05, 4.69) is 142 Å². The largest absolute Gasteiger partial charge is 0.172 e. The van der Waals surface area contributed by atoms with Gasteiger partial charge in [-0.25, -0.2) is 0 Å². The van der Waals surface area contributed by atoms with Gasteiger partial charge in [0, 0.05) is 15.5 Å². The third kappa shape index (κ3) is 5.26. The molecule has 2 nitrogen and oxygen atoms in total. The van der Waals surface area contributed by atoms with Crippen LogP contribution in [0.2, 0.25) is 33.2 Å². The molecule has 0 unspecified atom stereocenters. The first-order chi connectivity index (χ1) is 20.7. The summed E-state index contributed by atoms with van der Waals surface area (Å²) in [5.41, 5.74) is 15.3. The van der Waals surface area contributed by atoms with Crippen LogP contribution in [0.5, 0.6) is 0 Å². The first-order valence-electron chi connectivity index (χ1n) is 16.3. The summed E-state index contributed by atoms with van der Waals surface area (Å²) in [7, 11) is -3.93. The van der Waals surface area contributed by atoms with E-state index < -0.39 is 16.1 Å². The maximum atomic E-state index is 4.93. The van der Waals surface area contributed by atoms with Crippen LogP contribution in [0.4, 0.5) is 0 Å². The molecule has 3 aromatic carbocycles. The predicted octanol–water partition coefficient (Wildman–Crippen LogP) is 12.4. The van der Waals surface area contributed by atoms with E-state index >= 15 is 0 Å². The highest BCUT2D eigenvalue weighted by Gasteiger charge is 2.43. The molecule has 0 fully saturated rings. The Morgan fingerprint density at radius 1 is 0.545 bits per heavy atom. The fourth-order valence-electron chi connectivity index (χ4n) is 8.41. The minimum Gasteiger partial charge on any atom is -0.172 e. The summed E-state index contributed by atoms with van der Waals surface area (Å²) in [6.45, 7) is 28.6. The SMILES string of the molecule is CC(C)[Si](C#Cc1c2cc3cc4ccsc4cc3cc2c(C#C[Si](C(C)C)(C(C)C)C(C)C)c2nsnc12)(C(C)C)C(C)C. The van der Waals surface area contributed by atoms with Crippen LogP contribution in [0.3, 0.4) is 0 Å². The molecule has 0 N–H and O–H groups in total. The quantitative estimate of drug-likeness (QED) is 0.104. The van der Waals surface area contributed by atoms with Gasteiger partial charge in [-0.3, -0.25) is 0 Å². The summed E-state index contributed by atoms with van der Waals surface area (Å²) in [4.78, 5) is 0. The molecule has 2 aromatic heterocycles. The topological polar surface area (TPSA) is 25.8 Å². The van der Waals surface area contributed by atoms with E-state index in [0.717, 1.165) is 32.9 Å². The number of hydrogen-bond donors (Lipinski definition) is 0. The van der Waals surface area contributed by atoms with Crippen molar-refractivity contribution in [1.29, 1.82) is 0 Å². The lowest BCUT2D eigenvalue weighted by atomic mass is 9.94. The minimum atomic E-state index is -1.96. The number of rotatable bonds is 6. The zero-order valence-electron chi connectivity index (χ0n) is 28.6. The third-order valence-electron chi connectivity index (χ3n) is 10.6. The smallest absolute Gasteiger partial charge is 0.146 e. The highest BCUT2D eigenvalue weighted by molar-refractivity contribution is 7.17. The molecule has 0 atom stereocenters. The van der Waals surface area contributed by atoms with Crippen molar-refractivity contribution in [3.05, 3.63) is 46.8 Å². The Morgan fingerprint density at radius 2 is 0.955 bits per heavy atom. The Hall–Kier alpha value is -2.49. The summed E-state index contributed by atoms with van der Waals surface area (Å²) in [5, 5.41) is 8.28. The fraction of sp³-hybridized carbons (Fsp3) is 0.474. The molecule has 0 aliphatic rings. The van der Waals surface area contributed by atoms with Crippen LogP contribution >= 0.6 is 23.1 Å². The maximum Gasteiger partial charge on any atom is 0.146 e. The Labute approximate surface area is 275 Å². The summed E-state index contributed by atoms with van der Waals surface area (Å²) in [6, 6.07) is 11.6. The van der Waals surface area contributed by atoms with Crippen molar-refractivity contribution in [2.75, 3.05) is 0 Å². The summed E-state index contributed by atoms with van der Waals surface area (Å²) >= 11 is 3.09. The van der Waals surface area contributed by atoms with Crippen LogP contribution in [0.25, 0.3) is 42.7 Å². The molecule has 0 bridgehead atoms. The van der Waals surface area contributed by atoms with E-state index in [4.69, 9.17) is 8.75 Å². The average molecular weight is 653 g/mol. The zero-order valence-corrected chi connectivity index (χ0v) is 32.3. The number of fused-ring (bicyclic) bond motifs is 4. The van der Waals surface area contributed by atoms with Crippen LogP contribution in [-0.2, 0) is 0 Å². The Balaban J connectivity index is 1.93. The Morgan fingerprint density at radius 3 is 1.36 bits per heavy atom. The zero-order chi connectivity index (χ0) is 32.1. The van der Waals surface area contributed by atoms with Crippen LogP contribution in [0.1, 0.15) is 94.2 Å². The van der Waals surface area contributed by atoms with Crippen LogP contribution in [0.15, 0.2) is 35.7 Å². The van der Waals surface area contributed by atoms with E-state index in [-0.39, 0.29) is 0 Å². The highest BCUT2D eigenvalue weighted by Crippen LogP contribution is 2.43.